The lowest BCUT2D eigenvalue weighted by atomic mass is 10.1. The van der Waals surface area contributed by atoms with Gasteiger partial charge in [-0.3, -0.25) is 14.5 Å². The van der Waals surface area contributed by atoms with Crippen LogP contribution in [0.15, 0.2) is 84.9 Å². The second kappa shape index (κ2) is 8.92. The lowest BCUT2D eigenvalue weighted by Crippen LogP contribution is -2.29. The van der Waals surface area contributed by atoms with Crippen LogP contribution >= 0.6 is 0 Å². The van der Waals surface area contributed by atoms with Gasteiger partial charge in [-0.25, -0.2) is 0 Å². The molecule has 3 aromatic carbocycles. The molecule has 4 heteroatoms. The van der Waals surface area contributed by atoms with Crippen LogP contribution < -0.4 is 0 Å². The normalized spacial score (nSPS) is 12.4. The Balaban J connectivity index is 0.000000197. The largest absolute Gasteiger partial charge is 0.380 e. The van der Waals surface area contributed by atoms with Crippen molar-refractivity contribution in [1.29, 1.82) is 0 Å². The summed E-state index contributed by atoms with van der Waals surface area (Å²) in [6.07, 6.45) is 0. The molecule has 1 aliphatic rings. The maximum absolute atomic E-state index is 12.1. The number of carbonyl (C=O) groups is 2. The zero-order valence-electron chi connectivity index (χ0n) is 15.2. The van der Waals surface area contributed by atoms with E-state index in [9.17, 15) is 9.59 Å². The van der Waals surface area contributed by atoms with Crippen molar-refractivity contribution in [3.8, 4) is 0 Å². The van der Waals surface area contributed by atoms with Crippen molar-refractivity contribution in [1.82, 2.24) is 4.90 Å². The average Bonchev–Trinajstić information content (AvgIpc) is 2.96. The fourth-order valence-electron chi connectivity index (χ4n) is 2.89. The molecular weight excluding hydrogens is 338 g/mol. The molecule has 0 fully saturated rings. The minimum absolute atomic E-state index is 0.209. The first-order valence-electron chi connectivity index (χ1n) is 8.72. The third-order valence-corrected chi connectivity index (χ3v) is 4.22. The fraction of sp³-hybridized carbons (Fsp3) is 0.130. The molecule has 0 aliphatic carbocycles. The number of imide groups is 1. The number of rotatable bonds is 4. The number of hydrogen-bond acceptors (Lipinski definition) is 3. The van der Waals surface area contributed by atoms with E-state index in [1.807, 2.05) is 60.7 Å². The zero-order chi connectivity index (χ0) is 19.1. The lowest BCUT2D eigenvalue weighted by Gasteiger charge is -2.13. The number of amides is 2. The molecule has 0 spiro atoms. The monoisotopic (exact) mass is 359 g/mol. The third kappa shape index (κ3) is 4.49. The fourth-order valence-corrected chi connectivity index (χ4v) is 2.89. The van der Waals surface area contributed by atoms with E-state index in [-0.39, 0.29) is 11.8 Å². The molecule has 1 heterocycles. The second-order valence-corrected chi connectivity index (χ2v) is 6.15. The predicted molar refractivity (Wildman–Crippen MR) is 104 cm³/mol. The molecule has 3 aromatic rings. The smallest absolute Gasteiger partial charge is 0.261 e. The van der Waals surface area contributed by atoms with E-state index in [4.69, 9.17) is 4.74 Å². The van der Waals surface area contributed by atoms with Crippen molar-refractivity contribution in [2.45, 2.75) is 13.2 Å². The van der Waals surface area contributed by atoms with Crippen LogP contribution in [0.4, 0.5) is 0 Å². The molecule has 0 bridgehead atoms. The number of ether oxygens (including phenoxy) is 1. The molecule has 0 unspecified atom stereocenters. The summed E-state index contributed by atoms with van der Waals surface area (Å²) in [5.74, 6) is -0.418. The molecule has 0 radical (unpaired) electrons. The van der Waals surface area contributed by atoms with Crippen LogP contribution in [-0.4, -0.2) is 23.8 Å². The van der Waals surface area contributed by atoms with E-state index in [0.717, 1.165) is 5.56 Å². The Kier molecular flexibility index (Phi) is 6.13. The van der Waals surface area contributed by atoms with Gasteiger partial charge in [0.25, 0.3) is 11.8 Å². The van der Waals surface area contributed by atoms with E-state index in [1.165, 1.54) is 10.5 Å². The van der Waals surface area contributed by atoms with Gasteiger partial charge in [-0.1, -0.05) is 72.8 Å². The number of hydrogen-bond donors (Lipinski definition) is 0. The molecular formula is C23H21NO3. The first-order chi connectivity index (χ1) is 13.2. The summed E-state index contributed by atoms with van der Waals surface area (Å²) in [7, 11) is 1.70. The molecule has 2 amide bonds. The van der Waals surface area contributed by atoms with E-state index in [1.54, 1.807) is 31.4 Å². The van der Waals surface area contributed by atoms with Crippen LogP contribution in [0.1, 0.15) is 31.8 Å². The first kappa shape index (κ1) is 18.5. The number of methoxy groups -OCH3 is 1. The minimum Gasteiger partial charge on any atom is -0.380 e. The highest BCUT2D eigenvalue weighted by Crippen LogP contribution is 2.23. The van der Waals surface area contributed by atoms with E-state index in [2.05, 4.69) is 0 Å². The quantitative estimate of drug-likeness (QED) is 0.652. The maximum Gasteiger partial charge on any atom is 0.261 e. The Morgan fingerprint density at radius 1 is 0.667 bits per heavy atom. The molecule has 0 saturated carbocycles. The highest BCUT2D eigenvalue weighted by Gasteiger charge is 2.34. The highest BCUT2D eigenvalue weighted by molar-refractivity contribution is 6.21. The highest BCUT2D eigenvalue weighted by atomic mass is 16.5. The molecule has 27 heavy (non-hydrogen) atoms. The number of fused-ring (bicyclic) bond motifs is 1. The van der Waals surface area contributed by atoms with E-state index >= 15 is 0 Å². The molecule has 4 nitrogen and oxygen atoms in total. The van der Waals surface area contributed by atoms with Crippen LogP contribution in [0.3, 0.4) is 0 Å². The standard InChI is InChI=1S/C15H11NO2.C8H10O/c17-14-12-8-4-5-9-13(12)15(18)16(14)10-11-6-2-1-3-7-11;1-9-7-8-5-3-2-4-6-8/h1-9H,10H2;2-6H,7H2,1H3. The Hall–Kier alpha value is -3.24. The minimum atomic E-state index is -0.209. The van der Waals surface area contributed by atoms with Crippen LogP contribution in [0, 0.1) is 0 Å². The van der Waals surface area contributed by atoms with Crippen molar-refractivity contribution >= 4 is 11.8 Å². The van der Waals surface area contributed by atoms with E-state index < -0.39 is 0 Å². The summed E-state index contributed by atoms with van der Waals surface area (Å²) in [5, 5.41) is 0. The average molecular weight is 359 g/mol. The SMILES string of the molecule is COCc1ccccc1.O=C1c2ccccc2C(=O)N1Cc1ccccc1. The summed E-state index contributed by atoms with van der Waals surface area (Å²) in [4.78, 5) is 25.5. The molecule has 1 aliphatic heterocycles. The van der Waals surface area contributed by atoms with Crippen molar-refractivity contribution in [2.24, 2.45) is 0 Å². The summed E-state index contributed by atoms with van der Waals surface area (Å²) in [6, 6.07) is 26.6. The summed E-state index contributed by atoms with van der Waals surface area (Å²) in [5.41, 5.74) is 3.17. The van der Waals surface area contributed by atoms with E-state index in [0.29, 0.717) is 24.3 Å². The van der Waals surface area contributed by atoms with Crippen LogP contribution in [0.5, 0.6) is 0 Å². The van der Waals surface area contributed by atoms with Gasteiger partial charge >= 0.3 is 0 Å². The van der Waals surface area contributed by atoms with Gasteiger partial charge in [0.1, 0.15) is 0 Å². The first-order valence-corrected chi connectivity index (χ1v) is 8.72. The Bertz CT molecular complexity index is 872. The molecule has 4 rings (SSSR count). The van der Waals surface area contributed by atoms with Gasteiger partial charge in [0, 0.05) is 7.11 Å². The van der Waals surface area contributed by atoms with Crippen molar-refractivity contribution in [3.63, 3.8) is 0 Å². The third-order valence-electron chi connectivity index (χ3n) is 4.22. The van der Waals surface area contributed by atoms with Gasteiger partial charge in [0.2, 0.25) is 0 Å². The predicted octanol–water partition coefficient (Wildman–Crippen LogP) is 4.32. The molecule has 0 N–H and O–H groups in total. The number of carbonyl (C=O) groups excluding carboxylic acids is 2. The Labute approximate surface area is 159 Å². The van der Waals surface area contributed by atoms with Gasteiger partial charge < -0.3 is 4.74 Å². The van der Waals surface area contributed by atoms with Gasteiger partial charge in [0.15, 0.2) is 0 Å². The van der Waals surface area contributed by atoms with Gasteiger partial charge in [0.05, 0.1) is 24.3 Å². The second-order valence-electron chi connectivity index (χ2n) is 6.15. The van der Waals surface area contributed by atoms with Gasteiger partial charge in [-0.05, 0) is 23.3 Å². The number of nitrogens with zero attached hydrogens (tertiary/aromatic N) is 1. The van der Waals surface area contributed by atoms with Gasteiger partial charge in [-0.2, -0.15) is 0 Å². The van der Waals surface area contributed by atoms with Crippen LogP contribution in [-0.2, 0) is 17.9 Å². The van der Waals surface area contributed by atoms with Crippen molar-refractivity contribution < 1.29 is 14.3 Å². The molecule has 0 atom stereocenters. The van der Waals surface area contributed by atoms with Crippen LogP contribution in [0.25, 0.3) is 0 Å². The topological polar surface area (TPSA) is 46.6 Å². The Morgan fingerprint density at radius 3 is 1.59 bits per heavy atom. The van der Waals surface area contributed by atoms with Crippen molar-refractivity contribution in [2.75, 3.05) is 7.11 Å². The Morgan fingerprint density at radius 2 is 1.11 bits per heavy atom. The summed E-state index contributed by atoms with van der Waals surface area (Å²) >= 11 is 0. The van der Waals surface area contributed by atoms with Gasteiger partial charge in [-0.15, -0.1) is 0 Å². The summed E-state index contributed by atoms with van der Waals surface area (Å²) < 4.78 is 4.93. The summed E-state index contributed by atoms with van der Waals surface area (Å²) in [6.45, 7) is 1.04. The molecule has 0 aromatic heterocycles. The maximum atomic E-state index is 12.1. The zero-order valence-corrected chi connectivity index (χ0v) is 15.2. The lowest BCUT2D eigenvalue weighted by molar-refractivity contribution is 0.0642. The molecule has 136 valence electrons. The number of benzene rings is 3. The molecule has 0 saturated heterocycles. The van der Waals surface area contributed by atoms with Crippen molar-refractivity contribution in [3.05, 3.63) is 107 Å². The van der Waals surface area contributed by atoms with Crippen LogP contribution in [0.2, 0.25) is 0 Å².